The van der Waals surface area contributed by atoms with Crippen LogP contribution in [0.2, 0.25) is 0 Å². The second-order valence-corrected chi connectivity index (χ2v) is 8.45. The first-order valence-corrected chi connectivity index (χ1v) is 10.3. The molecule has 1 aromatic heterocycles. The summed E-state index contributed by atoms with van der Waals surface area (Å²) in [5, 5.41) is 3.59. The first kappa shape index (κ1) is 18.9. The van der Waals surface area contributed by atoms with E-state index in [1.807, 2.05) is 25.1 Å². The van der Waals surface area contributed by atoms with Gasteiger partial charge in [0, 0.05) is 10.6 Å². The molecule has 0 aliphatic heterocycles. The minimum atomic E-state index is -0.137. The van der Waals surface area contributed by atoms with Crippen LogP contribution < -0.4 is 16.2 Å². The van der Waals surface area contributed by atoms with Crippen molar-refractivity contribution in [2.24, 2.45) is 5.92 Å². The third-order valence-electron chi connectivity index (χ3n) is 4.82. The fourth-order valence-corrected chi connectivity index (χ4v) is 4.60. The number of rotatable bonds is 3. The van der Waals surface area contributed by atoms with Gasteiger partial charge in [0.05, 0.1) is 4.88 Å². The van der Waals surface area contributed by atoms with E-state index in [1.165, 1.54) is 22.4 Å². The molecule has 1 aliphatic carbocycles. The Morgan fingerprint density at radius 3 is 2.92 bits per heavy atom. The molecule has 0 spiro atoms. The summed E-state index contributed by atoms with van der Waals surface area (Å²) in [5.41, 5.74) is 10.2. The number of carbonyl (C=O) groups excluding carboxylic acids is 1. The number of aryl methyl sites for hydroxylation is 3. The van der Waals surface area contributed by atoms with Crippen LogP contribution in [0.5, 0.6) is 0 Å². The van der Waals surface area contributed by atoms with Gasteiger partial charge >= 0.3 is 0 Å². The monoisotopic (exact) mass is 387 g/mol. The summed E-state index contributed by atoms with van der Waals surface area (Å²) < 4.78 is 0. The van der Waals surface area contributed by atoms with Crippen molar-refractivity contribution in [3.63, 3.8) is 0 Å². The third kappa shape index (κ3) is 4.24. The van der Waals surface area contributed by atoms with E-state index in [0.29, 0.717) is 11.0 Å². The molecule has 1 atom stereocenters. The summed E-state index contributed by atoms with van der Waals surface area (Å²) in [6, 6.07) is 8.18. The normalized spacial score (nSPS) is 15.9. The first-order chi connectivity index (χ1) is 12.5. The van der Waals surface area contributed by atoms with Gasteiger partial charge in [-0.1, -0.05) is 32.0 Å². The van der Waals surface area contributed by atoms with Crippen LogP contribution in [-0.2, 0) is 19.3 Å². The van der Waals surface area contributed by atoms with Crippen LogP contribution >= 0.6 is 23.6 Å². The Labute approximate surface area is 164 Å². The molecule has 2 aromatic rings. The van der Waals surface area contributed by atoms with Gasteiger partial charge in [0.25, 0.3) is 5.91 Å². The van der Waals surface area contributed by atoms with Crippen LogP contribution in [0.25, 0.3) is 0 Å². The maximum atomic E-state index is 12.4. The fraction of sp³-hybridized carbons (Fsp3) is 0.400. The average molecular weight is 388 g/mol. The van der Waals surface area contributed by atoms with E-state index < -0.39 is 0 Å². The highest BCUT2D eigenvalue weighted by molar-refractivity contribution is 7.80. The smallest absolute Gasteiger partial charge is 0.279 e. The van der Waals surface area contributed by atoms with Crippen molar-refractivity contribution in [1.29, 1.82) is 0 Å². The highest BCUT2D eigenvalue weighted by atomic mass is 32.1. The van der Waals surface area contributed by atoms with Crippen LogP contribution in [0.3, 0.4) is 0 Å². The summed E-state index contributed by atoms with van der Waals surface area (Å²) >= 11 is 6.93. The number of amides is 1. The topological polar surface area (TPSA) is 53.2 Å². The number of anilines is 1. The van der Waals surface area contributed by atoms with E-state index in [9.17, 15) is 4.79 Å². The minimum absolute atomic E-state index is 0.137. The number of para-hydroxylation sites is 1. The standard InChI is InChI=1S/C20H25N3OS2/c1-4-14-7-5-6-13(3)18(14)21-20(25)23-22-19(24)17-11-15-10-12(2)8-9-16(15)26-17/h5-7,11-12H,4,8-10H2,1-3H3,(H,22,24)(H2,21,23,25)/t12-/m0/s1. The number of thiophene rings is 1. The minimum Gasteiger partial charge on any atom is -0.331 e. The Balaban J connectivity index is 1.59. The Morgan fingerprint density at radius 2 is 2.15 bits per heavy atom. The van der Waals surface area contributed by atoms with Gasteiger partial charge in [-0.25, -0.2) is 0 Å². The molecule has 6 heteroatoms. The van der Waals surface area contributed by atoms with Crippen molar-refractivity contribution in [3.05, 3.63) is 50.7 Å². The van der Waals surface area contributed by atoms with E-state index in [4.69, 9.17) is 12.2 Å². The quantitative estimate of drug-likeness (QED) is 0.541. The Kier molecular flexibility index (Phi) is 5.94. The maximum absolute atomic E-state index is 12.4. The molecule has 0 unspecified atom stereocenters. The molecule has 1 heterocycles. The van der Waals surface area contributed by atoms with Gasteiger partial charge in [-0.15, -0.1) is 11.3 Å². The SMILES string of the molecule is CCc1cccc(C)c1NC(=S)NNC(=O)c1cc2c(s1)CC[C@H](C)C2. The number of carbonyl (C=O) groups is 1. The molecule has 138 valence electrons. The summed E-state index contributed by atoms with van der Waals surface area (Å²) in [7, 11) is 0. The zero-order chi connectivity index (χ0) is 18.7. The lowest BCUT2D eigenvalue weighted by atomic mass is 9.90. The molecule has 4 nitrogen and oxygen atoms in total. The van der Waals surface area contributed by atoms with E-state index in [-0.39, 0.29) is 5.91 Å². The Bertz CT molecular complexity index is 828. The molecule has 0 fully saturated rings. The molecule has 0 saturated heterocycles. The lowest BCUT2D eigenvalue weighted by molar-refractivity contribution is 0.0948. The van der Waals surface area contributed by atoms with E-state index in [0.717, 1.165) is 35.4 Å². The largest absolute Gasteiger partial charge is 0.331 e. The summed E-state index contributed by atoms with van der Waals surface area (Å²) in [6.07, 6.45) is 4.27. The molecule has 26 heavy (non-hydrogen) atoms. The van der Waals surface area contributed by atoms with Crippen LogP contribution in [0.1, 0.15) is 51.5 Å². The van der Waals surface area contributed by atoms with Crippen molar-refractivity contribution < 1.29 is 4.79 Å². The van der Waals surface area contributed by atoms with Gasteiger partial charge in [0.1, 0.15) is 0 Å². The Hall–Kier alpha value is -1.92. The lowest BCUT2D eigenvalue weighted by Crippen LogP contribution is -2.43. The number of thiocarbonyl (C=S) groups is 1. The highest BCUT2D eigenvalue weighted by Crippen LogP contribution is 2.32. The van der Waals surface area contributed by atoms with Crippen LogP contribution in [0.4, 0.5) is 5.69 Å². The summed E-state index contributed by atoms with van der Waals surface area (Å²) in [5.74, 6) is 0.562. The third-order valence-corrected chi connectivity index (χ3v) is 6.26. The van der Waals surface area contributed by atoms with Crippen molar-refractivity contribution in [3.8, 4) is 0 Å². The van der Waals surface area contributed by atoms with Crippen molar-refractivity contribution in [1.82, 2.24) is 10.9 Å². The van der Waals surface area contributed by atoms with Crippen LogP contribution in [0, 0.1) is 12.8 Å². The maximum Gasteiger partial charge on any atom is 0.279 e. The number of nitrogens with one attached hydrogen (secondary N) is 3. The molecule has 1 aliphatic rings. The van der Waals surface area contributed by atoms with E-state index in [2.05, 4.69) is 36.1 Å². The lowest BCUT2D eigenvalue weighted by Gasteiger charge is -2.16. The fourth-order valence-electron chi connectivity index (χ4n) is 3.34. The van der Waals surface area contributed by atoms with Gasteiger partial charge < -0.3 is 5.32 Å². The average Bonchev–Trinajstić information content (AvgIpc) is 3.04. The van der Waals surface area contributed by atoms with E-state index in [1.54, 1.807) is 11.3 Å². The predicted octanol–water partition coefficient (Wildman–Crippen LogP) is 4.38. The molecule has 1 aromatic carbocycles. The molecule has 0 radical (unpaired) electrons. The molecule has 1 amide bonds. The molecule has 0 bridgehead atoms. The van der Waals surface area contributed by atoms with Gasteiger partial charge in [-0.05, 0) is 73.5 Å². The molecule has 0 saturated carbocycles. The number of fused-ring (bicyclic) bond motifs is 1. The second-order valence-electron chi connectivity index (χ2n) is 6.90. The van der Waals surface area contributed by atoms with E-state index >= 15 is 0 Å². The number of hydrazine groups is 1. The van der Waals surface area contributed by atoms with Crippen molar-refractivity contribution >= 4 is 40.3 Å². The number of hydrogen-bond donors (Lipinski definition) is 3. The molecule has 3 N–H and O–H groups in total. The zero-order valence-corrected chi connectivity index (χ0v) is 17.1. The van der Waals surface area contributed by atoms with Gasteiger partial charge in [-0.3, -0.25) is 15.6 Å². The second kappa shape index (κ2) is 8.18. The summed E-state index contributed by atoms with van der Waals surface area (Å²) in [4.78, 5) is 14.5. The highest BCUT2D eigenvalue weighted by Gasteiger charge is 2.20. The van der Waals surface area contributed by atoms with Crippen molar-refractivity contribution in [2.45, 2.75) is 46.5 Å². The molecule has 3 rings (SSSR count). The summed E-state index contributed by atoms with van der Waals surface area (Å²) in [6.45, 7) is 6.42. The van der Waals surface area contributed by atoms with Gasteiger partial charge in [0.2, 0.25) is 0 Å². The van der Waals surface area contributed by atoms with Gasteiger partial charge in [-0.2, -0.15) is 0 Å². The molecular weight excluding hydrogens is 362 g/mol. The molecular formula is C20H25N3OS2. The van der Waals surface area contributed by atoms with Crippen LogP contribution in [0.15, 0.2) is 24.3 Å². The predicted molar refractivity (Wildman–Crippen MR) is 113 cm³/mol. The zero-order valence-electron chi connectivity index (χ0n) is 15.4. The Morgan fingerprint density at radius 1 is 1.35 bits per heavy atom. The first-order valence-electron chi connectivity index (χ1n) is 9.05. The van der Waals surface area contributed by atoms with Crippen molar-refractivity contribution in [2.75, 3.05) is 5.32 Å². The van der Waals surface area contributed by atoms with Crippen LogP contribution in [-0.4, -0.2) is 11.0 Å². The number of hydrogen-bond acceptors (Lipinski definition) is 3. The number of benzene rings is 1. The van der Waals surface area contributed by atoms with Gasteiger partial charge in [0.15, 0.2) is 5.11 Å².